The first-order chi connectivity index (χ1) is 27.4. The number of carboxylic acids is 1. The highest BCUT2D eigenvalue weighted by Crippen LogP contribution is 2.16. The zero-order valence-electron chi connectivity index (χ0n) is 36.0. The Hall–Kier alpha value is -3.19. The Labute approximate surface area is 343 Å². The van der Waals surface area contributed by atoms with E-state index in [-0.39, 0.29) is 18.0 Å². The van der Waals surface area contributed by atoms with Gasteiger partial charge in [-0.15, -0.1) is 0 Å². The summed E-state index contributed by atoms with van der Waals surface area (Å²) in [6, 6.07) is -0.871. The molecule has 56 heavy (non-hydrogen) atoms. The molecule has 0 aromatic carbocycles. The molecule has 320 valence electrons. The molecule has 2 atom stereocenters. The Morgan fingerprint density at radius 2 is 1.04 bits per heavy atom. The fourth-order valence-electron chi connectivity index (χ4n) is 6.33. The van der Waals surface area contributed by atoms with Crippen LogP contribution in [0.3, 0.4) is 0 Å². The molecular formula is C49H84N2O5. The van der Waals surface area contributed by atoms with Crippen LogP contribution in [0.25, 0.3) is 0 Å². The van der Waals surface area contributed by atoms with Gasteiger partial charge in [-0.3, -0.25) is 9.59 Å². The summed E-state index contributed by atoms with van der Waals surface area (Å²) in [6.07, 6.45) is 55.4. The van der Waals surface area contributed by atoms with E-state index in [1.165, 1.54) is 77.0 Å². The number of hydrogen-bond acceptors (Lipinski definition) is 5. The molecule has 0 bridgehead atoms. The predicted molar refractivity (Wildman–Crippen MR) is 239 cm³/mol. The lowest BCUT2D eigenvalue weighted by Crippen LogP contribution is -2.40. The van der Waals surface area contributed by atoms with Crippen LogP contribution < -0.4 is 11.1 Å². The number of carboxylic acid groups (broad SMARTS) is 1. The number of ether oxygens (including phenoxy) is 1. The zero-order chi connectivity index (χ0) is 41.0. The molecule has 0 rings (SSSR count). The summed E-state index contributed by atoms with van der Waals surface area (Å²) < 4.78 is 5.94. The Kier molecular flexibility index (Phi) is 40.5. The molecule has 0 aliphatic heterocycles. The molecule has 0 aromatic heterocycles. The van der Waals surface area contributed by atoms with Crippen molar-refractivity contribution in [3.8, 4) is 0 Å². The van der Waals surface area contributed by atoms with Gasteiger partial charge in [-0.2, -0.15) is 0 Å². The summed E-state index contributed by atoms with van der Waals surface area (Å²) in [4.78, 5) is 36.4. The average molecular weight is 781 g/mol. The van der Waals surface area contributed by atoms with E-state index < -0.39 is 12.0 Å². The van der Waals surface area contributed by atoms with Crippen molar-refractivity contribution in [1.29, 1.82) is 0 Å². The van der Waals surface area contributed by atoms with Crippen LogP contribution in [0.4, 0.5) is 0 Å². The number of esters is 1. The van der Waals surface area contributed by atoms with Crippen LogP contribution in [0.15, 0.2) is 72.9 Å². The van der Waals surface area contributed by atoms with Gasteiger partial charge in [-0.05, 0) is 109 Å². The van der Waals surface area contributed by atoms with Crippen molar-refractivity contribution < 1.29 is 24.2 Å². The number of nitrogens with two attached hydrogens (primary N) is 1. The monoisotopic (exact) mass is 781 g/mol. The molecule has 0 fully saturated rings. The van der Waals surface area contributed by atoms with E-state index in [9.17, 15) is 19.5 Å². The molecule has 0 saturated carbocycles. The summed E-state index contributed by atoms with van der Waals surface area (Å²) in [5.41, 5.74) is 5.48. The quantitative estimate of drug-likeness (QED) is 0.0324. The van der Waals surface area contributed by atoms with Gasteiger partial charge < -0.3 is 20.9 Å². The normalized spacial score (nSPS) is 13.3. The van der Waals surface area contributed by atoms with Crippen molar-refractivity contribution in [3.63, 3.8) is 0 Å². The van der Waals surface area contributed by atoms with Gasteiger partial charge in [0.25, 0.3) is 0 Å². The van der Waals surface area contributed by atoms with Crippen molar-refractivity contribution >= 4 is 17.8 Å². The summed E-state index contributed by atoms with van der Waals surface area (Å²) in [6.45, 7) is 4.79. The molecule has 0 aliphatic rings. The number of nitrogens with one attached hydrogen (secondary N) is 1. The van der Waals surface area contributed by atoms with Crippen LogP contribution in [-0.2, 0) is 19.1 Å². The highest BCUT2D eigenvalue weighted by atomic mass is 16.5. The molecular weight excluding hydrogens is 697 g/mol. The van der Waals surface area contributed by atoms with E-state index in [4.69, 9.17) is 10.5 Å². The van der Waals surface area contributed by atoms with Crippen LogP contribution in [0, 0.1) is 0 Å². The SMILES string of the molecule is CC/C=C\C/C=C\C/C=C\C/C=C\C(CCCCCCCC(=O)NC(CCCN)C(=O)O)OC(=O)CCCCCCCCCCC/C=C\C/C=C\CCCCC. The lowest BCUT2D eigenvalue weighted by molar-refractivity contribution is -0.147. The van der Waals surface area contributed by atoms with Crippen LogP contribution >= 0.6 is 0 Å². The molecule has 0 heterocycles. The number of carbonyl (C=O) groups is 3. The van der Waals surface area contributed by atoms with Gasteiger partial charge in [0, 0.05) is 12.8 Å². The first-order valence-corrected chi connectivity index (χ1v) is 22.8. The minimum atomic E-state index is -1.02. The number of carbonyl (C=O) groups excluding carboxylic acids is 2. The highest BCUT2D eigenvalue weighted by molar-refractivity contribution is 5.83. The van der Waals surface area contributed by atoms with E-state index in [1.54, 1.807) is 0 Å². The minimum Gasteiger partial charge on any atom is -0.480 e. The first-order valence-electron chi connectivity index (χ1n) is 22.8. The van der Waals surface area contributed by atoms with Crippen molar-refractivity contribution in [2.45, 2.75) is 212 Å². The summed E-state index contributed by atoms with van der Waals surface area (Å²) >= 11 is 0. The first kappa shape index (κ1) is 52.8. The number of hydrogen-bond donors (Lipinski definition) is 3. The Balaban J connectivity index is 4.37. The maximum Gasteiger partial charge on any atom is 0.326 e. The van der Waals surface area contributed by atoms with Crippen molar-refractivity contribution in [2.24, 2.45) is 5.73 Å². The average Bonchev–Trinajstić information content (AvgIpc) is 3.18. The molecule has 1 amide bonds. The predicted octanol–water partition coefficient (Wildman–Crippen LogP) is 13.1. The molecule has 7 nitrogen and oxygen atoms in total. The van der Waals surface area contributed by atoms with E-state index in [1.807, 2.05) is 6.08 Å². The number of allylic oxidation sites excluding steroid dienone is 11. The third-order valence-corrected chi connectivity index (χ3v) is 9.74. The van der Waals surface area contributed by atoms with E-state index in [2.05, 4.69) is 86.0 Å². The molecule has 4 N–H and O–H groups in total. The largest absolute Gasteiger partial charge is 0.480 e. The maximum atomic E-state index is 12.8. The number of aliphatic carboxylic acids is 1. The lowest BCUT2D eigenvalue weighted by atomic mass is 10.1. The number of rotatable bonds is 40. The zero-order valence-corrected chi connectivity index (χ0v) is 36.0. The second-order valence-corrected chi connectivity index (χ2v) is 15.1. The van der Waals surface area contributed by atoms with Crippen molar-refractivity contribution in [3.05, 3.63) is 72.9 Å². The fraction of sp³-hybridized carbons (Fsp3) is 0.694. The molecule has 0 radical (unpaired) electrons. The smallest absolute Gasteiger partial charge is 0.326 e. The van der Waals surface area contributed by atoms with Crippen LogP contribution in [0.1, 0.15) is 200 Å². The van der Waals surface area contributed by atoms with Gasteiger partial charge >= 0.3 is 11.9 Å². The lowest BCUT2D eigenvalue weighted by Gasteiger charge is -2.15. The van der Waals surface area contributed by atoms with Gasteiger partial charge in [-0.25, -0.2) is 4.79 Å². The molecule has 0 spiro atoms. The van der Waals surface area contributed by atoms with E-state index >= 15 is 0 Å². The summed E-state index contributed by atoms with van der Waals surface area (Å²) in [7, 11) is 0. The van der Waals surface area contributed by atoms with Crippen LogP contribution in [-0.4, -0.2) is 41.6 Å². The van der Waals surface area contributed by atoms with E-state index in [0.717, 1.165) is 83.5 Å². The van der Waals surface area contributed by atoms with Crippen molar-refractivity contribution in [1.82, 2.24) is 5.32 Å². The standard InChI is InChI=1S/C49H84N2O5/c1-3-5-7-9-11-13-15-16-17-18-19-20-21-22-24-26-28-33-37-43-48(53)56-45(39-34-30-27-25-23-14-12-10-8-6-4-2)40-35-31-29-32-36-42-47(52)51-46(49(54)55)41-38-44-50/h6,8,11-14,16-17,25,27,34,39,45-46H,3-5,7,9-10,15,18-24,26,28-33,35-38,40-44,50H2,1-2H3,(H,51,52)(H,54,55)/b8-6-,13-11-,14-12-,17-16-,27-25-,39-34-. The van der Waals surface area contributed by atoms with Crippen molar-refractivity contribution in [2.75, 3.05) is 6.54 Å². The van der Waals surface area contributed by atoms with Crippen LogP contribution in [0.2, 0.25) is 0 Å². The third-order valence-electron chi connectivity index (χ3n) is 9.74. The van der Waals surface area contributed by atoms with Gasteiger partial charge in [0.05, 0.1) is 0 Å². The second-order valence-electron chi connectivity index (χ2n) is 15.1. The molecule has 2 unspecified atom stereocenters. The molecule has 0 aromatic rings. The Morgan fingerprint density at radius 1 is 0.554 bits per heavy atom. The summed E-state index contributed by atoms with van der Waals surface area (Å²) in [5.74, 6) is -1.34. The van der Waals surface area contributed by atoms with Gasteiger partial charge in [0.15, 0.2) is 0 Å². The summed E-state index contributed by atoms with van der Waals surface area (Å²) in [5, 5.41) is 11.9. The van der Waals surface area contributed by atoms with Crippen LogP contribution in [0.5, 0.6) is 0 Å². The fourth-order valence-corrected chi connectivity index (χ4v) is 6.33. The second kappa shape index (κ2) is 42.9. The van der Waals surface area contributed by atoms with Gasteiger partial charge in [0.1, 0.15) is 12.1 Å². The molecule has 0 aliphatic carbocycles. The van der Waals surface area contributed by atoms with Gasteiger partial charge in [-0.1, -0.05) is 158 Å². The number of unbranched alkanes of at least 4 members (excludes halogenated alkanes) is 16. The minimum absolute atomic E-state index is 0.105. The van der Waals surface area contributed by atoms with Gasteiger partial charge in [0.2, 0.25) is 5.91 Å². The number of amides is 1. The Bertz CT molecular complexity index is 1110. The van der Waals surface area contributed by atoms with E-state index in [0.29, 0.717) is 32.2 Å². The Morgan fingerprint density at radius 3 is 1.59 bits per heavy atom. The molecule has 0 saturated heterocycles. The maximum absolute atomic E-state index is 12.8. The molecule has 7 heteroatoms. The topological polar surface area (TPSA) is 119 Å². The third kappa shape index (κ3) is 39.1. The highest BCUT2D eigenvalue weighted by Gasteiger charge is 2.18.